The Labute approximate surface area is 132 Å². The molecule has 0 bridgehead atoms. The fraction of sp³-hybridized carbons (Fsp3) is 0.188. The molecule has 0 aliphatic carbocycles. The van der Waals surface area contributed by atoms with Crippen LogP contribution in [0.15, 0.2) is 36.4 Å². The second kappa shape index (κ2) is 7.29. The molecule has 0 saturated carbocycles. The molecule has 0 radical (unpaired) electrons. The molecular weight excluding hydrogens is 308 g/mol. The highest BCUT2D eigenvalue weighted by molar-refractivity contribution is 7.18. The Bertz CT molecular complexity index is 661. The lowest BCUT2D eigenvalue weighted by molar-refractivity contribution is 0.105. The number of methoxy groups -OCH3 is 1. The average molecular weight is 323 g/mol. The third-order valence-electron chi connectivity index (χ3n) is 2.73. The minimum Gasteiger partial charge on any atom is -0.493 e. The van der Waals surface area contributed by atoms with Gasteiger partial charge in [-0.15, -0.1) is 11.3 Å². The number of rotatable bonds is 6. The molecule has 2 rings (SSSR count). The summed E-state index contributed by atoms with van der Waals surface area (Å²) in [5.41, 5.74) is 0.871. The van der Waals surface area contributed by atoms with Crippen molar-refractivity contribution in [1.82, 2.24) is 0 Å². The van der Waals surface area contributed by atoms with Gasteiger partial charge in [0.2, 0.25) is 0 Å². The summed E-state index contributed by atoms with van der Waals surface area (Å²) in [6.07, 6.45) is 3.28. The normalized spacial score (nSPS) is 10.8. The first kappa shape index (κ1) is 15.6. The largest absolute Gasteiger partial charge is 0.493 e. The summed E-state index contributed by atoms with van der Waals surface area (Å²) < 4.78 is 11.3. The molecule has 5 heteroatoms. The van der Waals surface area contributed by atoms with Crippen LogP contribution in [0.25, 0.3) is 6.08 Å². The van der Waals surface area contributed by atoms with Crippen molar-refractivity contribution in [1.29, 1.82) is 0 Å². The van der Waals surface area contributed by atoms with E-state index in [4.69, 9.17) is 21.1 Å². The molecule has 0 amide bonds. The highest BCUT2D eigenvalue weighted by atomic mass is 35.5. The minimum absolute atomic E-state index is 0.0688. The Morgan fingerprint density at radius 1 is 1.29 bits per heavy atom. The van der Waals surface area contributed by atoms with E-state index in [1.54, 1.807) is 25.3 Å². The first-order valence-electron chi connectivity index (χ1n) is 6.42. The molecule has 0 fully saturated rings. The van der Waals surface area contributed by atoms with Crippen LogP contribution in [-0.2, 0) is 0 Å². The Morgan fingerprint density at radius 2 is 2.10 bits per heavy atom. The van der Waals surface area contributed by atoms with E-state index in [0.29, 0.717) is 27.3 Å². The number of carbonyl (C=O) groups excluding carboxylic acids is 1. The Balaban J connectivity index is 2.17. The zero-order valence-corrected chi connectivity index (χ0v) is 13.3. The molecule has 110 valence electrons. The van der Waals surface area contributed by atoms with Gasteiger partial charge in [0.05, 0.1) is 22.9 Å². The summed E-state index contributed by atoms with van der Waals surface area (Å²) in [4.78, 5) is 12.6. The average Bonchev–Trinajstić information content (AvgIpc) is 2.92. The molecule has 1 aromatic carbocycles. The second-order valence-electron chi connectivity index (χ2n) is 4.14. The molecule has 2 aromatic rings. The van der Waals surface area contributed by atoms with E-state index in [9.17, 15) is 4.79 Å². The molecule has 3 nitrogen and oxygen atoms in total. The molecule has 0 aliphatic heterocycles. The van der Waals surface area contributed by atoms with Crippen molar-refractivity contribution >= 4 is 34.8 Å². The second-order valence-corrected chi connectivity index (χ2v) is 5.86. The van der Waals surface area contributed by atoms with Gasteiger partial charge in [-0.3, -0.25) is 4.79 Å². The number of ether oxygens (including phenoxy) is 2. The van der Waals surface area contributed by atoms with E-state index < -0.39 is 0 Å². The van der Waals surface area contributed by atoms with Crippen LogP contribution in [0.3, 0.4) is 0 Å². The first-order chi connectivity index (χ1) is 10.1. The van der Waals surface area contributed by atoms with Crippen molar-refractivity contribution in [3.63, 3.8) is 0 Å². The Morgan fingerprint density at radius 3 is 2.71 bits per heavy atom. The van der Waals surface area contributed by atoms with Gasteiger partial charge >= 0.3 is 0 Å². The zero-order chi connectivity index (χ0) is 15.2. The molecular formula is C16H15ClO3S. The predicted molar refractivity (Wildman–Crippen MR) is 86.9 cm³/mol. The minimum atomic E-state index is -0.0688. The molecule has 0 aliphatic rings. The topological polar surface area (TPSA) is 35.5 Å². The summed E-state index contributed by atoms with van der Waals surface area (Å²) >= 11 is 7.09. The molecule has 0 spiro atoms. The fourth-order valence-electron chi connectivity index (χ4n) is 1.77. The first-order valence-corrected chi connectivity index (χ1v) is 7.62. The lowest BCUT2D eigenvalue weighted by Gasteiger charge is -2.09. The predicted octanol–water partition coefficient (Wildman–Crippen LogP) is 4.70. The van der Waals surface area contributed by atoms with Crippen molar-refractivity contribution in [3.8, 4) is 11.5 Å². The van der Waals surface area contributed by atoms with Crippen LogP contribution in [0.2, 0.25) is 4.34 Å². The lowest BCUT2D eigenvalue weighted by Crippen LogP contribution is -1.95. The van der Waals surface area contributed by atoms with Crippen LogP contribution in [-0.4, -0.2) is 19.5 Å². The maximum absolute atomic E-state index is 12.0. The third kappa shape index (κ3) is 4.09. The van der Waals surface area contributed by atoms with Crippen LogP contribution in [0.1, 0.15) is 22.2 Å². The standard InChI is InChI=1S/C16H15ClO3S/c1-3-20-14-10-11(5-7-13(14)19-2)4-6-12(18)15-8-9-16(17)21-15/h4-10H,3H2,1-2H3. The monoisotopic (exact) mass is 322 g/mol. The Kier molecular flexibility index (Phi) is 5.42. The van der Waals surface area contributed by atoms with Gasteiger partial charge in [0.1, 0.15) is 0 Å². The number of thiophene rings is 1. The maximum atomic E-state index is 12.0. The van der Waals surface area contributed by atoms with E-state index in [2.05, 4.69) is 0 Å². The molecule has 1 heterocycles. The van der Waals surface area contributed by atoms with Gasteiger partial charge in [-0.1, -0.05) is 23.7 Å². The van der Waals surface area contributed by atoms with Gasteiger partial charge in [-0.05, 0) is 42.8 Å². The van der Waals surface area contributed by atoms with Crippen LogP contribution in [0.5, 0.6) is 11.5 Å². The van der Waals surface area contributed by atoms with Gasteiger partial charge in [0.25, 0.3) is 0 Å². The SMILES string of the molecule is CCOc1cc(C=CC(=O)c2ccc(Cl)s2)ccc1OC. The summed E-state index contributed by atoms with van der Waals surface area (Å²) in [6.45, 7) is 2.46. The Hall–Kier alpha value is -1.78. The molecule has 0 unspecified atom stereocenters. The van der Waals surface area contributed by atoms with Crippen molar-refractivity contribution in [3.05, 3.63) is 51.2 Å². The number of hydrogen-bond donors (Lipinski definition) is 0. The van der Waals surface area contributed by atoms with E-state index in [-0.39, 0.29) is 5.78 Å². The van der Waals surface area contributed by atoms with Gasteiger partial charge in [-0.2, -0.15) is 0 Å². The van der Waals surface area contributed by atoms with Crippen molar-refractivity contribution in [2.75, 3.05) is 13.7 Å². The summed E-state index contributed by atoms with van der Waals surface area (Å²) in [6, 6.07) is 8.96. The molecule has 21 heavy (non-hydrogen) atoms. The van der Waals surface area contributed by atoms with Crippen LogP contribution in [0, 0.1) is 0 Å². The van der Waals surface area contributed by atoms with Crippen LogP contribution in [0.4, 0.5) is 0 Å². The summed E-state index contributed by atoms with van der Waals surface area (Å²) in [5, 5.41) is 0. The molecule has 0 saturated heterocycles. The van der Waals surface area contributed by atoms with E-state index in [0.717, 1.165) is 5.56 Å². The number of benzene rings is 1. The van der Waals surface area contributed by atoms with E-state index in [1.165, 1.54) is 17.4 Å². The lowest BCUT2D eigenvalue weighted by atomic mass is 10.1. The summed E-state index contributed by atoms with van der Waals surface area (Å²) in [5.74, 6) is 1.26. The maximum Gasteiger partial charge on any atom is 0.195 e. The number of carbonyl (C=O) groups is 1. The van der Waals surface area contributed by atoms with Crippen LogP contribution < -0.4 is 9.47 Å². The van der Waals surface area contributed by atoms with E-state index in [1.807, 2.05) is 25.1 Å². The fourth-order valence-corrected chi connectivity index (χ4v) is 2.73. The molecule has 0 atom stereocenters. The van der Waals surface area contributed by atoms with Gasteiger partial charge in [-0.25, -0.2) is 0 Å². The van der Waals surface area contributed by atoms with Gasteiger partial charge in [0.15, 0.2) is 17.3 Å². The van der Waals surface area contributed by atoms with Crippen molar-refractivity contribution < 1.29 is 14.3 Å². The van der Waals surface area contributed by atoms with Gasteiger partial charge < -0.3 is 9.47 Å². The number of halogens is 1. The van der Waals surface area contributed by atoms with Crippen LogP contribution >= 0.6 is 22.9 Å². The van der Waals surface area contributed by atoms with Gasteiger partial charge in [0, 0.05) is 0 Å². The molecule has 0 N–H and O–H groups in total. The number of ketones is 1. The highest BCUT2D eigenvalue weighted by Gasteiger charge is 2.06. The quantitative estimate of drug-likeness (QED) is 0.571. The third-order valence-corrected chi connectivity index (χ3v) is 3.98. The molecule has 1 aromatic heterocycles. The number of allylic oxidation sites excluding steroid dienone is 1. The smallest absolute Gasteiger partial charge is 0.195 e. The summed E-state index contributed by atoms with van der Waals surface area (Å²) in [7, 11) is 1.59. The van der Waals surface area contributed by atoms with E-state index >= 15 is 0 Å². The number of hydrogen-bond acceptors (Lipinski definition) is 4. The highest BCUT2D eigenvalue weighted by Crippen LogP contribution is 2.28. The van der Waals surface area contributed by atoms with Crippen molar-refractivity contribution in [2.45, 2.75) is 6.92 Å². The van der Waals surface area contributed by atoms with Crippen molar-refractivity contribution in [2.24, 2.45) is 0 Å². The zero-order valence-electron chi connectivity index (χ0n) is 11.8.